The Balaban J connectivity index is 1.28. The van der Waals surface area contributed by atoms with Crippen LogP contribution in [-0.2, 0) is 12.8 Å². The number of carboxylic acids is 2. The molecule has 0 aliphatic heterocycles. The Kier molecular flexibility index (Phi) is 9.74. The number of aromatic carboxylic acids is 2. The van der Waals surface area contributed by atoms with E-state index < -0.39 is 17.5 Å². The summed E-state index contributed by atoms with van der Waals surface area (Å²) in [4.78, 5) is 24.1. The zero-order valence-electron chi connectivity index (χ0n) is 23.7. The summed E-state index contributed by atoms with van der Waals surface area (Å²) in [6.07, 6.45) is 0.902. The molecule has 0 aromatic heterocycles. The maximum atomic E-state index is 12.2. The highest BCUT2D eigenvalue weighted by Crippen LogP contribution is 2.35. The predicted octanol–water partition coefficient (Wildman–Crippen LogP) is 7.91. The van der Waals surface area contributed by atoms with E-state index in [4.69, 9.17) is 18.9 Å². The fourth-order valence-electron chi connectivity index (χ4n) is 4.54. The second-order valence-electron chi connectivity index (χ2n) is 9.75. The van der Waals surface area contributed by atoms with Gasteiger partial charge in [0.1, 0.15) is 28.6 Å². The summed E-state index contributed by atoms with van der Waals surface area (Å²) in [6.45, 7) is 0.267. The smallest absolute Gasteiger partial charge is 0.340 e. The third-order valence-electron chi connectivity index (χ3n) is 6.61. The molecule has 0 saturated heterocycles. The topological polar surface area (TPSA) is 112 Å². The Bertz CT molecular complexity index is 1720. The second kappa shape index (κ2) is 14.4. The van der Waals surface area contributed by atoms with Gasteiger partial charge in [-0.3, -0.25) is 0 Å². The minimum atomic E-state index is -1.42. The summed E-state index contributed by atoms with van der Waals surface area (Å²) >= 11 is 0. The normalized spacial score (nSPS) is 10.5. The summed E-state index contributed by atoms with van der Waals surface area (Å²) in [6, 6.07) is 36.5. The molecule has 0 bridgehead atoms. The van der Waals surface area contributed by atoms with Crippen LogP contribution in [0.4, 0.5) is 0 Å². The first kappa shape index (κ1) is 29.7. The van der Waals surface area contributed by atoms with E-state index >= 15 is 0 Å². The van der Waals surface area contributed by atoms with Crippen molar-refractivity contribution in [2.24, 2.45) is 0 Å². The summed E-state index contributed by atoms with van der Waals surface area (Å²) < 4.78 is 23.7. The van der Waals surface area contributed by atoms with Gasteiger partial charge in [-0.15, -0.1) is 0 Å². The van der Waals surface area contributed by atoms with Crippen molar-refractivity contribution < 1.29 is 38.7 Å². The molecule has 0 saturated carbocycles. The highest BCUT2D eigenvalue weighted by molar-refractivity contribution is 6.04. The number of hydrogen-bond donors (Lipinski definition) is 2. The molecule has 5 aromatic rings. The molecular weight excluding hydrogens is 560 g/mol. The number of carbonyl (C=O) groups is 2. The highest BCUT2D eigenvalue weighted by atomic mass is 16.5. The van der Waals surface area contributed by atoms with Gasteiger partial charge in [0.2, 0.25) is 0 Å². The fraction of sp³-hybridized carbons (Fsp3) is 0.111. The van der Waals surface area contributed by atoms with Crippen LogP contribution in [0.25, 0.3) is 0 Å². The van der Waals surface area contributed by atoms with Crippen LogP contribution < -0.4 is 18.9 Å². The quantitative estimate of drug-likeness (QED) is 0.134. The molecule has 5 aromatic carbocycles. The first-order valence-corrected chi connectivity index (χ1v) is 14.0. The van der Waals surface area contributed by atoms with Gasteiger partial charge in [-0.05, 0) is 71.8 Å². The molecule has 0 fully saturated rings. The lowest BCUT2D eigenvalue weighted by Crippen LogP contribution is -2.14. The number of ether oxygens (including phenoxy) is 4. The molecule has 0 amide bonds. The van der Waals surface area contributed by atoms with Crippen LogP contribution in [0.3, 0.4) is 0 Å². The SMILES string of the molecule is O=C(O)c1ccc(OCCc2cccc(Oc3ccccc3)c2)c(OCCc2cccc(Oc3ccccc3)c2)c1C(=O)O. The van der Waals surface area contributed by atoms with Gasteiger partial charge in [0, 0.05) is 12.8 Å². The number of benzene rings is 5. The highest BCUT2D eigenvalue weighted by Gasteiger charge is 2.25. The van der Waals surface area contributed by atoms with Crippen LogP contribution >= 0.6 is 0 Å². The van der Waals surface area contributed by atoms with Gasteiger partial charge in [0.25, 0.3) is 0 Å². The van der Waals surface area contributed by atoms with Crippen molar-refractivity contribution in [1.29, 1.82) is 0 Å². The molecule has 8 nitrogen and oxygen atoms in total. The molecule has 44 heavy (non-hydrogen) atoms. The summed E-state index contributed by atoms with van der Waals surface area (Å²) in [7, 11) is 0. The molecule has 0 heterocycles. The van der Waals surface area contributed by atoms with E-state index in [0.717, 1.165) is 16.9 Å². The fourth-order valence-corrected chi connectivity index (χ4v) is 4.54. The predicted molar refractivity (Wildman–Crippen MR) is 165 cm³/mol. The van der Waals surface area contributed by atoms with Crippen molar-refractivity contribution >= 4 is 11.9 Å². The second-order valence-corrected chi connectivity index (χ2v) is 9.75. The zero-order chi connectivity index (χ0) is 30.7. The van der Waals surface area contributed by atoms with Gasteiger partial charge < -0.3 is 29.2 Å². The van der Waals surface area contributed by atoms with Crippen LogP contribution in [0.15, 0.2) is 121 Å². The van der Waals surface area contributed by atoms with E-state index in [0.29, 0.717) is 30.1 Å². The summed E-state index contributed by atoms with van der Waals surface area (Å²) in [5.41, 5.74) is 0.988. The van der Waals surface area contributed by atoms with E-state index in [1.54, 1.807) is 0 Å². The van der Waals surface area contributed by atoms with Crippen LogP contribution in [0.5, 0.6) is 34.5 Å². The number of para-hydroxylation sites is 2. The van der Waals surface area contributed by atoms with Gasteiger partial charge in [-0.25, -0.2) is 9.59 Å². The molecule has 2 N–H and O–H groups in total. The van der Waals surface area contributed by atoms with Gasteiger partial charge in [0.05, 0.1) is 18.8 Å². The summed E-state index contributed by atoms with van der Waals surface area (Å²) in [5, 5.41) is 19.6. The third kappa shape index (κ3) is 7.95. The van der Waals surface area contributed by atoms with Crippen molar-refractivity contribution in [3.05, 3.63) is 144 Å². The Morgan fingerprint density at radius 2 is 1.02 bits per heavy atom. The molecule has 5 rings (SSSR count). The molecule has 0 radical (unpaired) electrons. The average molecular weight is 591 g/mol. The standard InChI is InChI=1S/C36H30O8/c37-35(38)31-17-18-32(41-21-19-25-9-7-15-29(23-25)43-27-11-3-1-4-12-27)34(33(31)36(39)40)42-22-20-26-10-8-16-30(24-26)44-28-13-5-2-6-14-28/h1-18,23-24H,19-22H2,(H,37,38)(H,39,40). The van der Waals surface area contributed by atoms with E-state index in [-0.39, 0.29) is 30.3 Å². The molecule has 8 heteroatoms. The van der Waals surface area contributed by atoms with E-state index in [9.17, 15) is 19.8 Å². The monoisotopic (exact) mass is 590 g/mol. The van der Waals surface area contributed by atoms with Crippen molar-refractivity contribution in [3.8, 4) is 34.5 Å². The lowest BCUT2D eigenvalue weighted by Gasteiger charge is -2.17. The first-order valence-electron chi connectivity index (χ1n) is 14.0. The van der Waals surface area contributed by atoms with Crippen molar-refractivity contribution in [1.82, 2.24) is 0 Å². The molecule has 0 unspecified atom stereocenters. The Morgan fingerprint density at radius 3 is 1.52 bits per heavy atom. The maximum absolute atomic E-state index is 12.2. The largest absolute Gasteiger partial charge is 0.489 e. The number of hydrogen-bond acceptors (Lipinski definition) is 6. The number of rotatable bonds is 14. The lowest BCUT2D eigenvalue weighted by atomic mass is 10.1. The third-order valence-corrected chi connectivity index (χ3v) is 6.61. The average Bonchev–Trinajstić information content (AvgIpc) is 3.02. The van der Waals surface area contributed by atoms with Gasteiger partial charge >= 0.3 is 11.9 Å². The Hall–Kier alpha value is -5.76. The number of carboxylic acid groups (broad SMARTS) is 2. The maximum Gasteiger partial charge on any atom is 0.340 e. The zero-order valence-corrected chi connectivity index (χ0v) is 23.7. The van der Waals surface area contributed by atoms with Gasteiger partial charge in [-0.1, -0.05) is 60.7 Å². The minimum absolute atomic E-state index is 0.0768. The minimum Gasteiger partial charge on any atom is -0.489 e. The van der Waals surface area contributed by atoms with Gasteiger partial charge in [0.15, 0.2) is 11.5 Å². The van der Waals surface area contributed by atoms with Crippen molar-refractivity contribution in [3.63, 3.8) is 0 Å². The lowest BCUT2D eigenvalue weighted by molar-refractivity contribution is 0.0646. The molecule has 222 valence electrons. The Morgan fingerprint density at radius 1 is 0.523 bits per heavy atom. The van der Waals surface area contributed by atoms with Gasteiger partial charge in [-0.2, -0.15) is 0 Å². The van der Waals surface area contributed by atoms with Crippen LogP contribution in [0.1, 0.15) is 31.8 Å². The molecule has 0 spiro atoms. The molecule has 0 aliphatic rings. The first-order chi connectivity index (χ1) is 21.5. The Labute approximate surface area is 254 Å². The molecular formula is C36H30O8. The van der Waals surface area contributed by atoms with E-state index in [2.05, 4.69) is 0 Å². The van der Waals surface area contributed by atoms with E-state index in [1.165, 1.54) is 12.1 Å². The molecule has 0 atom stereocenters. The molecule has 0 aliphatic carbocycles. The van der Waals surface area contributed by atoms with Crippen molar-refractivity contribution in [2.75, 3.05) is 13.2 Å². The van der Waals surface area contributed by atoms with Crippen LogP contribution in [0.2, 0.25) is 0 Å². The summed E-state index contributed by atoms with van der Waals surface area (Å²) in [5.74, 6) is -0.0373. The van der Waals surface area contributed by atoms with Crippen molar-refractivity contribution in [2.45, 2.75) is 12.8 Å². The van der Waals surface area contributed by atoms with E-state index in [1.807, 2.05) is 109 Å². The van der Waals surface area contributed by atoms with Crippen LogP contribution in [-0.4, -0.2) is 35.4 Å². The van der Waals surface area contributed by atoms with Crippen LogP contribution in [0, 0.1) is 0 Å².